The van der Waals surface area contributed by atoms with Crippen molar-refractivity contribution in [1.82, 2.24) is 9.80 Å². The minimum Gasteiger partial charge on any atom is -0.484 e. The second-order valence-electron chi connectivity index (χ2n) is 4.89. The van der Waals surface area contributed by atoms with E-state index in [-0.39, 0.29) is 18.6 Å². The lowest BCUT2D eigenvalue weighted by molar-refractivity contribution is -0.134. The van der Waals surface area contributed by atoms with Gasteiger partial charge in [0.1, 0.15) is 5.75 Å². The molecule has 21 heavy (non-hydrogen) atoms. The van der Waals surface area contributed by atoms with Gasteiger partial charge in [0.25, 0.3) is 5.91 Å². The van der Waals surface area contributed by atoms with Gasteiger partial charge in [0.05, 0.1) is 7.11 Å². The third kappa shape index (κ3) is 3.87. The second-order valence-corrected chi connectivity index (χ2v) is 4.89. The fourth-order valence-corrected chi connectivity index (χ4v) is 2.22. The van der Waals surface area contributed by atoms with Gasteiger partial charge in [0.15, 0.2) is 6.61 Å². The van der Waals surface area contributed by atoms with Crippen LogP contribution in [0.2, 0.25) is 0 Å². The molecule has 0 unspecified atom stereocenters. The van der Waals surface area contributed by atoms with Crippen molar-refractivity contribution >= 4 is 12.0 Å². The van der Waals surface area contributed by atoms with Crippen molar-refractivity contribution in [2.75, 3.05) is 39.9 Å². The lowest BCUT2D eigenvalue weighted by Gasteiger charge is -2.33. The molecule has 114 valence electrons. The number of nitrogens with zero attached hydrogens (tertiary/aromatic N) is 2. The molecule has 1 aliphatic heterocycles. The van der Waals surface area contributed by atoms with Crippen LogP contribution in [0, 0.1) is 6.92 Å². The van der Waals surface area contributed by atoms with Gasteiger partial charge >= 0.3 is 6.09 Å². The van der Waals surface area contributed by atoms with Crippen molar-refractivity contribution in [3.63, 3.8) is 0 Å². The maximum absolute atomic E-state index is 12.1. The van der Waals surface area contributed by atoms with Crippen LogP contribution in [0.3, 0.4) is 0 Å². The molecule has 0 atom stereocenters. The Bertz CT molecular complexity index is 510. The van der Waals surface area contributed by atoms with Gasteiger partial charge in [-0.1, -0.05) is 18.2 Å². The predicted octanol–water partition coefficient (Wildman–Crippen LogP) is 1.28. The summed E-state index contributed by atoms with van der Waals surface area (Å²) < 4.78 is 10.2. The van der Waals surface area contributed by atoms with Gasteiger partial charge < -0.3 is 19.3 Å². The van der Waals surface area contributed by atoms with Gasteiger partial charge in [-0.15, -0.1) is 0 Å². The molecule has 6 heteroatoms. The molecule has 0 aromatic heterocycles. The zero-order valence-corrected chi connectivity index (χ0v) is 12.4. The van der Waals surface area contributed by atoms with Crippen molar-refractivity contribution in [2.24, 2.45) is 0 Å². The van der Waals surface area contributed by atoms with Gasteiger partial charge in [-0.25, -0.2) is 4.79 Å². The number of amides is 2. The summed E-state index contributed by atoms with van der Waals surface area (Å²) in [6.07, 6.45) is -0.349. The van der Waals surface area contributed by atoms with E-state index >= 15 is 0 Å². The van der Waals surface area contributed by atoms with Crippen LogP contribution in [-0.2, 0) is 9.53 Å². The summed E-state index contributed by atoms with van der Waals surface area (Å²) in [4.78, 5) is 26.8. The Morgan fingerprint density at radius 1 is 1.10 bits per heavy atom. The van der Waals surface area contributed by atoms with E-state index in [2.05, 4.69) is 4.74 Å². The molecule has 1 fully saturated rings. The van der Waals surface area contributed by atoms with Gasteiger partial charge in [0.2, 0.25) is 0 Å². The molecule has 2 amide bonds. The Morgan fingerprint density at radius 3 is 2.33 bits per heavy atom. The van der Waals surface area contributed by atoms with E-state index in [4.69, 9.17) is 4.74 Å². The molecule has 0 spiro atoms. The minimum absolute atomic E-state index is 0.0169. The Morgan fingerprint density at radius 2 is 1.71 bits per heavy atom. The lowest BCUT2D eigenvalue weighted by atomic mass is 10.2. The number of rotatable bonds is 3. The van der Waals surface area contributed by atoms with Crippen molar-refractivity contribution in [3.8, 4) is 5.75 Å². The van der Waals surface area contributed by atoms with Crippen molar-refractivity contribution in [2.45, 2.75) is 6.92 Å². The number of benzene rings is 1. The largest absolute Gasteiger partial charge is 0.484 e. The summed E-state index contributed by atoms with van der Waals surface area (Å²) in [5, 5.41) is 0. The smallest absolute Gasteiger partial charge is 0.409 e. The van der Waals surface area contributed by atoms with Crippen LogP contribution < -0.4 is 4.74 Å². The number of carbonyl (C=O) groups is 2. The fraction of sp³-hybridized carbons (Fsp3) is 0.467. The standard InChI is InChI=1S/C15H20N2O4/c1-12-5-3-4-6-13(12)21-11-14(18)16-7-9-17(10-8-16)15(19)20-2/h3-6H,7-11H2,1-2H3. The van der Waals surface area contributed by atoms with Crippen molar-refractivity contribution < 1.29 is 19.1 Å². The Kier molecular flexibility index (Phi) is 5.03. The molecule has 1 heterocycles. The zero-order chi connectivity index (χ0) is 15.2. The van der Waals surface area contributed by atoms with Gasteiger partial charge in [0, 0.05) is 26.2 Å². The number of carbonyl (C=O) groups excluding carboxylic acids is 2. The maximum Gasteiger partial charge on any atom is 0.409 e. The molecule has 1 aromatic rings. The average molecular weight is 292 g/mol. The van der Waals surface area contributed by atoms with Crippen LogP contribution in [-0.4, -0.2) is 61.7 Å². The summed E-state index contributed by atoms with van der Waals surface area (Å²) >= 11 is 0. The monoisotopic (exact) mass is 292 g/mol. The highest BCUT2D eigenvalue weighted by Crippen LogP contribution is 2.16. The number of hydrogen-bond donors (Lipinski definition) is 0. The number of para-hydroxylation sites is 1. The molecule has 2 rings (SSSR count). The molecule has 0 bridgehead atoms. The van der Waals surface area contributed by atoms with Gasteiger partial charge in [-0.05, 0) is 18.6 Å². The highest BCUT2D eigenvalue weighted by Gasteiger charge is 2.24. The summed E-state index contributed by atoms with van der Waals surface area (Å²) in [7, 11) is 1.36. The first kappa shape index (κ1) is 15.2. The van der Waals surface area contributed by atoms with Crippen LogP contribution >= 0.6 is 0 Å². The first-order valence-corrected chi connectivity index (χ1v) is 6.91. The van der Waals surface area contributed by atoms with E-state index in [0.29, 0.717) is 26.2 Å². The van der Waals surface area contributed by atoms with E-state index in [1.807, 2.05) is 31.2 Å². The van der Waals surface area contributed by atoms with Crippen molar-refractivity contribution in [3.05, 3.63) is 29.8 Å². The first-order valence-electron chi connectivity index (χ1n) is 6.91. The fourth-order valence-electron chi connectivity index (χ4n) is 2.22. The molecular weight excluding hydrogens is 272 g/mol. The number of piperazine rings is 1. The van der Waals surface area contributed by atoms with E-state index in [9.17, 15) is 9.59 Å². The average Bonchev–Trinajstić information content (AvgIpc) is 2.53. The van der Waals surface area contributed by atoms with Crippen molar-refractivity contribution in [1.29, 1.82) is 0 Å². The topological polar surface area (TPSA) is 59.1 Å². The van der Waals surface area contributed by atoms with E-state index in [1.54, 1.807) is 9.80 Å². The molecule has 1 aromatic carbocycles. The summed E-state index contributed by atoms with van der Waals surface area (Å²) in [5.74, 6) is 0.654. The number of methoxy groups -OCH3 is 1. The van der Waals surface area contributed by atoms with Gasteiger partial charge in [-0.2, -0.15) is 0 Å². The Hall–Kier alpha value is -2.24. The molecule has 0 N–H and O–H groups in total. The number of ether oxygens (including phenoxy) is 2. The Balaban J connectivity index is 1.80. The molecule has 1 saturated heterocycles. The lowest BCUT2D eigenvalue weighted by Crippen LogP contribution is -2.51. The molecule has 1 aliphatic rings. The minimum atomic E-state index is -0.349. The summed E-state index contributed by atoms with van der Waals surface area (Å²) in [6, 6.07) is 7.59. The normalized spacial score (nSPS) is 14.8. The Labute approximate surface area is 124 Å². The van der Waals surface area contributed by atoms with Crippen LogP contribution in [0.4, 0.5) is 4.79 Å². The number of hydrogen-bond acceptors (Lipinski definition) is 4. The second kappa shape index (κ2) is 6.97. The van der Waals surface area contributed by atoms with Crippen LogP contribution in [0.1, 0.15) is 5.56 Å². The molecular formula is C15H20N2O4. The summed E-state index contributed by atoms with van der Waals surface area (Å²) in [6.45, 7) is 3.94. The predicted molar refractivity (Wildman–Crippen MR) is 77.2 cm³/mol. The van der Waals surface area contributed by atoms with Crippen LogP contribution in [0.5, 0.6) is 5.75 Å². The third-order valence-electron chi connectivity index (χ3n) is 3.51. The van der Waals surface area contributed by atoms with E-state index < -0.39 is 0 Å². The highest BCUT2D eigenvalue weighted by atomic mass is 16.5. The third-order valence-corrected chi connectivity index (χ3v) is 3.51. The van der Waals surface area contributed by atoms with Crippen LogP contribution in [0.15, 0.2) is 24.3 Å². The van der Waals surface area contributed by atoms with Gasteiger partial charge in [-0.3, -0.25) is 4.79 Å². The molecule has 0 saturated carbocycles. The quantitative estimate of drug-likeness (QED) is 0.842. The maximum atomic E-state index is 12.1. The highest BCUT2D eigenvalue weighted by molar-refractivity contribution is 5.78. The number of aryl methyl sites for hydroxylation is 1. The molecule has 6 nitrogen and oxygen atoms in total. The molecule has 0 radical (unpaired) electrons. The van der Waals surface area contributed by atoms with Crippen LogP contribution in [0.25, 0.3) is 0 Å². The summed E-state index contributed by atoms with van der Waals surface area (Å²) in [5.41, 5.74) is 1.00. The zero-order valence-electron chi connectivity index (χ0n) is 12.4. The molecule has 0 aliphatic carbocycles. The van der Waals surface area contributed by atoms with E-state index in [1.165, 1.54) is 7.11 Å². The van der Waals surface area contributed by atoms with E-state index in [0.717, 1.165) is 11.3 Å². The first-order chi connectivity index (χ1) is 10.1. The SMILES string of the molecule is COC(=O)N1CCN(C(=O)COc2ccccc2C)CC1.